The third kappa shape index (κ3) is 4.27. The predicted octanol–water partition coefficient (Wildman–Crippen LogP) is 1.46. The molecule has 2 atom stereocenters. The highest BCUT2D eigenvalue weighted by molar-refractivity contribution is 9.10. The van der Waals surface area contributed by atoms with Crippen LogP contribution in [0.4, 0.5) is 0 Å². The number of nitrogens with zero attached hydrogens (tertiary/aromatic N) is 2. The number of hydrazine groups is 1. The third-order valence-corrected chi connectivity index (χ3v) is 4.63. The molecule has 0 spiro atoms. The average molecular weight is 341 g/mol. The van der Waals surface area contributed by atoms with Crippen molar-refractivity contribution < 1.29 is 0 Å². The van der Waals surface area contributed by atoms with Crippen molar-refractivity contribution in [3.8, 4) is 0 Å². The highest BCUT2D eigenvalue weighted by Gasteiger charge is 2.27. The lowest BCUT2D eigenvalue weighted by Crippen LogP contribution is -2.55. The number of benzene rings is 1. The van der Waals surface area contributed by atoms with Crippen molar-refractivity contribution in [1.82, 2.24) is 15.2 Å². The van der Waals surface area contributed by atoms with Gasteiger partial charge in [0.25, 0.3) is 0 Å². The summed E-state index contributed by atoms with van der Waals surface area (Å²) < 4.78 is 1.12. The lowest BCUT2D eigenvalue weighted by molar-refractivity contribution is 0.177. The monoisotopic (exact) mass is 340 g/mol. The first-order valence-electron chi connectivity index (χ1n) is 7.19. The van der Waals surface area contributed by atoms with Gasteiger partial charge in [-0.15, -0.1) is 0 Å². The van der Waals surface area contributed by atoms with Gasteiger partial charge in [0.2, 0.25) is 0 Å². The van der Waals surface area contributed by atoms with Crippen molar-refractivity contribution in [1.29, 1.82) is 0 Å². The molecule has 5 heteroatoms. The minimum absolute atomic E-state index is 0.259. The normalized spacial score (nSPS) is 23.5. The number of hydrogen-bond acceptors (Lipinski definition) is 4. The van der Waals surface area contributed by atoms with E-state index in [4.69, 9.17) is 5.84 Å². The van der Waals surface area contributed by atoms with Crippen LogP contribution >= 0.6 is 15.9 Å². The Morgan fingerprint density at radius 2 is 2.20 bits per heavy atom. The summed E-state index contributed by atoms with van der Waals surface area (Å²) in [6.45, 7) is 3.35. The van der Waals surface area contributed by atoms with E-state index in [1.165, 1.54) is 12.0 Å². The van der Waals surface area contributed by atoms with E-state index in [1.807, 2.05) is 0 Å². The van der Waals surface area contributed by atoms with Gasteiger partial charge in [0.05, 0.1) is 0 Å². The Balaban J connectivity index is 2.09. The first-order chi connectivity index (χ1) is 9.60. The van der Waals surface area contributed by atoms with Gasteiger partial charge in [-0.2, -0.15) is 0 Å². The smallest absolute Gasteiger partial charge is 0.0418 e. The molecular formula is C15H25BrN4. The molecule has 4 nitrogen and oxygen atoms in total. The second-order valence-electron chi connectivity index (χ2n) is 5.77. The maximum atomic E-state index is 5.84. The zero-order chi connectivity index (χ0) is 14.5. The van der Waals surface area contributed by atoms with Crippen molar-refractivity contribution in [2.45, 2.75) is 24.9 Å². The molecule has 2 unspecified atom stereocenters. The second kappa shape index (κ2) is 7.52. The molecule has 0 amide bonds. The zero-order valence-corrected chi connectivity index (χ0v) is 13.9. The van der Waals surface area contributed by atoms with Gasteiger partial charge < -0.3 is 9.80 Å². The van der Waals surface area contributed by atoms with E-state index in [0.717, 1.165) is 30.5 Å². The van der Waals surface area contributed by atoms with Crippen LogP contribution in [0.3, 0.4) is 0 Å². The van der Waals surface area contributed by atoms with Crippen molar-refractivity contribution in [2.75, 3.05) is 33.7 Å². The van der Waals surface area contributed by atoms with Gasteiger partial charge in [0.15, 0.2) is 0 Å². The largest absolute Gasteiger partial charge is 0.305 e. The Morgan fingerprint density at radius 3 is 2.90 bits per heavy atom. The van der Waals surface area contributed by atoms with Crippen LogP contribution in [-0.2, 0) is 6.42 Å². The maximum Gasteiger partial charge on any atom is 0.0418 e. The molecule has 1 aliphatic rings. The van der Waals surface area contributed by atoms with Crippen LogP contribution in [0.25, 0.3) is 0 Å². The fraction of sp³-hybridized carbons (Fsp3) is 0.600. The quantitative estimate of drug-likeness (QED) is 0.643. The van der Waals surface area contributed by atoms with Gasteiger partial charge in [0.1, 0.15) is 0 Å². The number of rotatable bonds is 4. The van der Waals surface area contributed by atoms with E-state index in [2.05, 4.69) is 69.5 Å². The minimum Gasteiger partial charge on any atom is -0.305 e. The summed E-state index contributed by atoms with van der Waals surface area (Å²) in [5.74, 6) is 5.84. The van der Waals surface area contributed by atoms with Crippen LogP contribution in [0.5, 0.6) is 0 Å². The number of halogens is 1. The van der Waals surface area contributed by atoms with Crippen LogP contribution in [0.1, 0.15) is 12.0 Å². The van der Waals surface area contributed by atoms with E-state index < -0.39 is 0 Å². The highest BCUT2D eigenvalue weighted by Crippen LogP contribution is 2.17. The number of nitrogens with two attached hydrogens (primary N) is 1. The summed E-state index contributed by atoms with van der Waals surface area (Å²) in [5.41, 5.74) is 4.34. The molecule has 1 aliphatic heterocycles. The fourth-order valence-corrected chi connectivity index (χ4v) is 3.41. The Hall–Kier alpha value is -0.460. The standard InChI is InChI=1S/C15H25BrN4/c1-19-7-4-8-20(2)15(11-19)14(18-17)10-12-5-3-6-13(16)9-12/h3,5-6,9,14-15,18H,4,7-8,10-11,17H2,1-2H3. The molecule has 0 aromatic heterocycles. The van der Waals surface area contributed by atoms with Crippen molar-refractivity contribution >= 4 is 15.9 Å². The molecule has 0 aliphatic carbocycles. The van der Waals surface area contributed by atoms with Crippen LogP contribution in [0.2, 0.25) is 0 Å². The molecule has 1 aromatic rings. The molecule has 1 fully saturated rings. The summed E-state index contributed by atoms with van der Waals surface area (Å²) in [7, 11) is 4.40. The average Bonchev–Trinajstić information content (AvgIpc) is 2.58. The molecule has 0 bridgehead atoms. The van der Waals surface area contributed by atoms with Crippen LogP contribution in [0, 0.1) is 0 Å². The molecule has 112 valence electrons. The summed E-state index contributed by atoms with van der Waals surface area (Å²) in [5, 5.41) is 0. The minimum atomic E-state index is 0.259. The van der Waals surface area contributed by atoms with E-state index in [0.29, 0.717) is 6.04 Å². The molecule has 1 heterocycles. The van der Waals surface area contributed by atoms with Crippen LogP contribution < -0.4 is 11.3 Å². The Morgan fingerprint density at radius 1 is 1.40 bits per heavy atom. The molecule has 20 heavy (non-hydrogen) atoms. The Labute approximate surface area is 130 Å². The highest BCUT2D eigenvalue weighted by atomic mass is 79.9. The van der Waals surface area contributed by atoms with E-state index in [-0.39, 0.29) is 6.04 Å². The van der Waals surface area contributed by atoms with Gasteiger partial charge in [-0.25, -0.2) is 0 Å². The summed E-state index contributed by atoms with van der Waals surface area (Å²) in [6, 6.07) is 9.16. The van der Waals surface area contributed by atoms with Crippen molar-refractivity contribution in [3.05, 3.63) is 34.3 Å². The zero-order valence-electron chi connectivity index (χ0n) is 12.3. The van der Waals surface area contributed by atoms with E-state index in [1.54, 1.807) is 0 Å². The summed E-state index contributed by atoms with van der Waals surface area (Å²) >= 11 is 3.53. The van der Waals surface area contributed by atoms with Gasteiger partial charge in [-0.05, 0) is 57.7 Å². The van der Waals surface area contributed by atoms with Gasteiger partial charge in [-0.1, -0.05) is 28.1 Å². The third-order valence-electron chi connectivity index (χ3n) is 4.14. The van der Waals surface area contributed by atoms with Crippen LogP contribution in [0.15, 0.2) is 28.7 Å². The Bertz CT molecular complexity index is 426. The van der Waals surface area contributed by atoms with E-state index in [9.17, 15) is 0 Å². The second-order valence-corrected chi connectivity index (χ2v) is 6.69. The lowest BCUT2D eigenvalue weighted by atomic mass is 9.98. The molecule has 1 saturated heterocycles. The van der Waals surface area contributed by atoms with Crippen LogP contribution in [-0.4, -0.2) is 55.6 Å². The number of nitrogens with one attached hydrogen (secondary N) is 1. The Kier molecular flexibility index (Phi) is 5.99. The van der Waals surface area contributed by atoms with Gasteiger partial charge >= 0.3 is 0 Å². The molecule has 1 aromatic carbocycles. The van der Waals surface area contributed by atoms with Crippen molar-refractivity contribution in [2.24, 2.45) is 5.84 Å². The van der Waals surface area contributed by atoms with Gasteiger partial charge in [-0.3, -0.25) is 11.3 Å². The fourth-order valence-electron chi connectivity index (χ4n) is 2.96. The topological polar surface area (TPSA) is 44.5 Å². The first kappa shape index (κ1) is 15.9. The lowest BCUT2D eigenvalue weighted by Gasteiger charge is -2.34. The van der Waals surface area contributed by atoms with E-state index >= 15 is 0 Å². The number of likely N-dealkylation sites (N-methyl/N-ethyl adjacent to an activating group) is 2. The molecular weight excluding hydrogens is 316 g/mol. The summed E-state index contributed by atoms with van der Waals surface area (Å²) in [4.78, 5) is 4.84. The predicted molar refractivity (Wildman–Crippen MR) is 87.5 cm³/mol. The molecule has 2 rings (SSSR count). The molecule has 0 saturated carbocycles. The SMILES string of the molecule is CN1CCCN(C)C(C(Cc2cccc(Br)c2)NN)C1. The number of hydrogen-bond donors (Lipinski definition) is 2. The first-order valence-corrected chi connectivity index (χ1v) is 7.99. The van der Waals surface area contributed by atoms with Gasteiger partial charge in [0, 0.05) is 23.1 Å². The maximum absolute atomic E-state index is 5.84. The molecule has 3 N–H and O–H groups in total. The molecule has 0 radical (unpaired) electrons. The summed E-state index contributed by atoms with van der Waals surface area (Å²) in [6.07, 6.45) is 2.16. The van der Waals surface area contributed by atoms with Crippen molar-refractivity contribution in [3.63, 3.8) is 0 Å².